The summed E-state index contributed by atoms with van der Waals surface area (Å²) in [5.41, 5.74) is 0. The van der Waals surface area contributed by atoms with Crippen LogP contribution in [0.1, 0.15) is 258 Å². The summed E-state index contributed by atoms with van der Waals surface area (Å²) >= 11 is 0. The Hall–Kier alpha value is -1.71. The highest BCUT2D eigenvalue weighted by Crippen LogP contribution is 2.17. The molecule has 0 spiro atoms. The van der Waals surface area contributed by atoms with E-state index in [1.54, 1.807) is 0 Å². The molecule has 0 fully saturated rings. The number of hydrogen-bond acceptors (Lipinski definition) is 7. The second kappa shape index (κ2) is 44.9. The first kappa shape index (κ1) is 59.3. The zero-order valence-corrected chi connectivity index (χ0v) is 41.1. The number of carbonyl (C=O) groups excluding carboxylic acids is 2. The number of rotatable bonds is 49. The zero-order valence-electron chi connectivity index (χ0n) is 41.1. The summed E-state index contributed by atoms with van der Waals surface area (Å²) in [5.74, 6) is -1.98. The molecule has 2 atom stereocenters. The summed E-state index contributed by atoms with van der Waals surface area (Å²) in [4.78, 5) is 37.3. The molecule has 0 aromatic carbocycles. The normalized spacial score (nSPS) is 12.7. The van der Waals surface area contributed by atoms with Gasteiger partial charge in [0, 0.05) is 12.8 Å². The molecular formula is C52H102NO8+. The molecule has 0 saturated heterocycles. The van der Waals surface area contributed by atoms with Gasteiger partial charge in [-0.3, -0.25) is 9.59 Å². The van der Waals surface area contributed by atoms with Crippen molar-refractivity contribution in [2.75, 3.05) is 47.5 Å². The van der Waals surface area contributed by atoms with Gasteiger partial charge in [0.2, 0.25) is 0 Å². The minimum Gasteiger partial charge on any atom is -0.477 e. The highest BCUT2D eigenvalue weighted by molar-refractivity contribution is 5.71. The largest absolute Gasteiger partial charge is 0.477 e. The molecule has 1 N–H and O–H groups in total. The quantitative estimate of drug-likeness (QED) is 0.0279. The Bertz CT molecular complexity index is 970. The van der Waals surface area contributed by atoms with Crippen molar-refractivity contribution in [1.29, 1.82) is 0 Å². The number of aliphatic carboxylic acids is 1. The van der Waals surface area contributed by atoms with Gasteiger partial charge in [-0.15, -0.1) is 0 Å². The third-order valence-electron chi connectivity index (χ3n) is 11.9. The van der Waals surface area contributed by atoms with E-state index in [-0.39, 0.29) is 38.2 Å². The molecule has 0 radical (unpaired) electrons. The number of carboxylic acid groups (broad SMARTS) is 1. The topological polar surface area (TPSA) is 108 Å². The van der Waals surface area contributed by atoms with Gasteiger partial charge in [-0.25, -0.2) is 4.79 Å². The summed E-state index contributed by atoms with van der Waals surface area (Å²) < 4.78 is 22.8. The van der Waals surface area contributed by atoms with E-state index in [0.717, 1.165) is 38.5 Å². The first-order valence-corrected chi connectivity index (χ1v) is 26.2. The van der Waals surface area contributed by atoms with Gasteiger partial charge >= 0.3 is 17.9 Å². The average Bonchev–Trinajstić information content (AvgIpc) is 3.22. The van der Waals surface area contributed by atoms with Crippen LogP contribution < -0.4 is 0 Å². The van der Waals surface area contributed by atoms with Crippen LogP contribution >= 0.6 is 0 Å². The Morgan fingerprint density at radius 3 is 1.05 bits per heavy atom. The van der Waals surface area contributed by atoms with Crippen molar-refractivity contribution in [1.82, 2.24) is 0 Å². The lowest BCUT2D eigenvalue weighted by atomic mass is 10.0. The van der Waals surface area contributed by atoms with E-state index in [9.17, 15) is 19.5 Å². The fraction of sp³-hybridized carbons (Fsp3) is 0.942. The van der Waals surface area contributed by atoms with Gasteiger partial charge in [0.15, 0.2) is 6.10 Å². The van der Waals surface area contributed by atoms with Crippen LogP contribution in [0.15, 0.2) is 0 Å². The van der Waals surface area contributed by atoms with Gasteiger partial charge < -0.3 is 28.5 Å². The van der Waals surface area contributed by atoms with Crippen LogP contribution in [-0.2, 0) is 33.3 Å². The van der Waals surface area contributed by atoms with E-state index in [4.69, 9.17) is 18.9 Å². The third-order valence-corrected chi connectivity index (χ3v) is 11.9. The Labute approximate surface area is 377 Å². The van der Waals surface area contributed by atoms with E-state index in [0.29, 0.717) is 17.4 Å². The van der Waals surface area contributed by atoms with Crippen molar-refractivity contribution in [3.63, 3.8) is 0 Å². The van der Waals surface area contributed by atoms with Crippen LogP contribution in [0.2, 0.25) is 0 Å². The Morgan fingerprint density at radius 2 is 0.738 bits per heavy atom. The van der Waals surface area contributed by atoms with Gasteiger partial charge in [0.05, 0.1) is 34.4 Å². The van der Waals surface area contributed by atoms with Crippen molar-refractivity contribution in [3.05, 3.63) is 0 Å². The number of ether oxygens (including phenoxy) is 4. The van der Waals surface area contributed by atoms with Crippen LogP contribution in [0.5, 0.6) is 0 Å². The fourth-order valence-corrected chi connectivity index (χ4v) is 7.78. The van der Waals surface area contributed by atoms with Gasteiger partial charge in [-0.1, -0.05) is 232 Å². The van der Waals surface area contributed by atoms with E-state index in [1.165, 1.54) is 193 Å². The first-order chi connectivity index (χ1) is 29.6. The van der Waals surface area contributed by atoms with E-state index in [1.807, 2.05) is 21.1 Å². The summed E-state index contributed by atoms with van der Waals surface area (Å²) in [7, 11) is 5.97. The van der Waals surface area contributed by atoms with Crippen LogP contribution in [0.4, 0.5) is 0 Å². The Morgan fingerprint density at radius 1 is 0.426 bits per heavy atom. The second-order valence-corrected chi connectivity index (χ2v) is 19.2. The Balaban J connectivity index is 4.26. The van der Waals surface area contributed by atoms with Crippen LogP contribution in [0, 0.1) is 0 Å². The van der Waals surface area contributed by atoms with Gasteiger partial charge in [0.25, 0.3) is 6.29 Å². The molecule has 0 rings (SSSR count). The molecule has 0 bridgehead atoms. The molecule has 0 heterocycles. The molecule has 0 aromatic heterocycles. The Kier molecular flexibility index (Phi) is 43.6. The number of carboxylic acids is 1. The molecule has 61 heavy (non-hydrogen) atoms. The summed E-state index contributed by atoms with van der Waals surface area (Å²) in [6, 6.07) is 0. The number of esters is 2. The third kappa shape index (κ3) is 46.1. The van der Waals surface area contributed by atoms with Crippen molar-refractivity contribution in [3.8, 4) is 0 Å². The highest BCUT2D eigenvalue weighted by Gasteiger charge is 2.25. The summed E-state index contributed by atoms with van der Waals surface area (Å²) in [6.07, 6.45) is 44.5. The maximum absolute atomic E-state index is 12.8. The van der Waals surface area contributed by atoms with Gasteiger partial charge in [-0.05, 0) is 12.8 Å². The van der Waals surface area contributed by atoms with Crippen molar-refractivity contribution >= 4 is 17.9 Å². The predicted molar refractivity (Wildman–Crippen MR) is 254 cm³/mol. The number of carbonyl (C=O) groups is 3. The van der Waals surface area contributed by atoms with Crippen LogP contribution in [0.25, 0.3) is 0 Å². The van der Waals surface area contributed by atoms with Crippen molar-refractivity contribution in [2.45, 2.75) is 270 Å². The minimum atomic E-state index is -1.50. The standard InChI is InChI=1S/C52H101NO8/c1-6-8-10-12-14-16-18-20-22-23-24-25-26-27-29-31-33-35-37-39-41-43-50(55)61-48(47-60-52(51(56)57)58-45-44-53(3,4)5)46-59-49(54)42-40-38-36-34-32-30-28-21-19-17-15-13-11-9-7-2/h48,52H,6-47H2,1-5H3/p+1. The molecule has 0 aliphatic heterocycles. The monoisotopic (exact) mass is 869 g/mol. The molecule has 0 aromatic rings. The number of quaternary nitrogens is 1. The maximum atomic E-state index is 12.8. The lowest BCUT2D eigenvalue weighted by molar-refractivity contribution is -0.870. The number of nitrogens with zero attached hydrogens (tertiary/aromatic N) is 1. The second-order valence-electron chi connectivity index (χ2n) is 19.2. The molecule has 9 heteroatoms. The van der Waals surface area contributed by atoms with Crippen LogP contribution in [0.3, 0.4) is 0 Å². The fourth-order valence-electron chi connectivity index (χ4n) is 7.78. The van der Waals surface area contributed by atoms with E-state index < -0.39 is 18.4 Å². The van der Waals surface area contributed by atoms with Gasteiger partial charge in [0.1, 0.15) is 13.2 Å². The first-order valence-electron chi connectivity index (χ1n) is 26.2. The van der Waals surface area contributed by atoms with E-state index in [2.05, 4.69) is 13.8 Å². The van der Waals surface area contributed by atoms with Crippen LogP contribution in [-0.4, -0.2) is 87.4 Å². The van der Waals surface area contributed by atoms with Gasteiger partial charge in [-0.2, -0.15) is 0 Å². The molecule has 362 valence electrons. The minimum absolute atomic E-state index is 0.173. The summed E-state index contributed by atoms with van der Waals surface area (Å²) in [5, 5.41) is 9.67. The number of hydrogen-bond donors (Lipinski definition) is 1. The lowest BCUT2D eigenvalue weighted by Gasteiger charge is -2.25. The molecule has 0 aliphatic rings. The molecular weight excluding hydrogens is 767 g/mol. The molecule has 9 nitrogen and oxygen atoms in total. The smallest absolute Gasteiger partial charge is 0.361 e. The number of unbranched alkanes of at least 4 members (excludes halogenated alkanes) is 34. The summed E-state index contributed by atoms with van der Waals surface area (Å²) in [6.45, 7) is 4.93. The van der Waals surface area contributed by atoms with Crippen molar-refractivity contribution in [2.24, 2.45) is 0 Å². The SMILES string of the molecule is CCCCCCCCCCCCCCCCCCCCCCCC(=O)OC(COC(=O)CCCCCCCCCCCCCCCCC)COC(OCC[N+](C)(C)C)C(=O)O. The van der Waals surface area contributed by atoms with Crippen molar-refractivity contribution < 1.29 is 42.9 Å². The molecule has 2 unspecified atom stereocenters. The highest BCUT2D eigenvalue weighted by atomic mass is 16.7. The molecule has 0 aliphatic carbocycles. The van der Waals surface area contributed by atoms with E-state index >= 15 is 0 Å². The maximum Gasteiger partial charge on any atom is 0.361 e. The lowest BCUT2D eigenvalue weighted by Crippen LogP contribution is -2.40. The zero-order chi connectivity index (χ0) is 44.9. The number of likely N-dealkylation sites (N-methyl/N-ethyl adjacent to an activating group) is 1. The average molecular weight is 869 g/mol. The predicted octanol–water partition coefficient (Wildman–Crippen LogP) is 14.5. The molecule has 0 saturated carbocycles. The molecule has 0 amide bonds.